The monoisotopic (exact) mass is 550 g/mol. The number of sulfone groups is 1. The molecule has 1 N–H and O–H groups in total. The molecule has 0 spiro atoms. The SMILES string of the molecule is C=C(CC(=O)O)c1ccc(COc2ccc3scc(-c4ccc(OCCCS(C)(=O)=O)cc4C)c3c2)cc1. The summed E-state index contributed by atoms with van der Waals surface area (Å²) in [7, 11) is -2.99. The molecular weight excluding hydrogens is 520 g/mol. The molecule has 1 aromatic heterocycles. The molecule has 0 aliphatic carbocycles. The van der Waals surface area contributed by atoms with Crippen LogP contribution < -0.4 is 9.47 Å². The number of hydrogen-bond donors (Lipinski definition) is 1. The summed E-state index contributed by atoms with van der Waals surface area (Å²) in [4.78, 5) is 10.9. The maximum absolute atomic E-state index is 11.3. The molecule has 0 saturated carbocycles. The fourth-order valence-electron chi connectivity index (χ4n) is 4.13. The first kappa shape index (κ1) is 27.4. The molecule has 1 heterocycles. The van der Waals surface area contributed by atoms with Crippen LogP contribution in [0.1, 0.15) is 29.5 Å². The van der Waals surface area contributed by atoms with E-state index in [1.807, 2.05) is 55.5 Å². The lowest BCUT2D eigenvalue weighted by atomic mass is 9.99. The summed E-state index contributed by atoms with van der Waals surface area (Å²) in [6.07, 6.45) is 1.61. The highest BCUT2D eigenvalue weighted by atomic mass is 32.2. The van der Waals surface area contributed by atoms with Gasteiger partial charge in [0.05, 0.1) is 18.8 Å². The average molecular weight is 551 g/mol. The van der Waals surface area contributed by atoms with E-state index in [4.69, 9.17) is 14.6 Å². The van der Waals surface area contributed by atoms with Crippen LogP contribution >= 0.6 is 11.3 Å². The van der Waals surface area contributed by atoms with E-state index in [1.165, 1.54) is 6.26 Å². The van der Waals surface area contributed by atoms with E-state index < -0.39 is 15.8 Å². The second-order valence-corrected chi connectivity index (χ2v) is 12.4. The fraction of sp³-hybridized carbons (Fsp3) is 0.233. The Morgan fingerprint density at radius 1 is 0.974 bits per heavy atom. The van der Waals surface area contributed by atoms with Crippen molar-refractivity contribution in [3.8, 4) is 22.6 Å². The Labute approximate surface area is 227 Å². The number of hydrogen-bond acceptors (Lipinski definition) is 6. The first-order valence-electron chi connectivity index (χ1n) is 12.1. The van der Waals surface area contributed by atoms with E-state index in [1.54, 1.807) is 11.3 Å². The van der Waals surface area contributed by atoms with Gasteiger partial charge in [-0.25, -0.2) is 8.42 Å². The van der Waals surface area contributed by atoms with Crippen LogP contribution in [0.15, 0.2) is 72.6 Å². The number of aryl methyl sites for hydroxylation is 1. The van der Waals surface area contributed by atoms with Gasteiger partial charge in [-0.05, 0) is 76.9 Å². The van der Waals surface area contributed by atoms with Crippen molar-refractivity contribution in [1.82, 2.24) is 0 Å². The smallest absolute Gasteiger partial charge is 0.307 e. The number of carboxylic acids is 1. The standard InChI is InChI=1S/C30H30O6S2/c1-20(16-30(31)32)23-7-5-22(6-8-23)18-36-25-10-12-29-27(17-25)28(19-37-29)26-11-9-24(15-21(26)2)35-13-4-14-38(3,33)34/h5-12,15,17,19H,1,4,13-14,16,18H2,2-3H3,(H,31,32). The molecule has 0 aliphatic rings. The third kappa shape index (κ3) is 7.24. The van der Waals surface area contributed by atoms with Gasteiger partial charge >= 0.3 is 5.97 Å². The number of aliphatic carboxylic acids is 1. The second-order valence-electron chi connectivity index (χ2n) is 9.28. The molecular formula is C30H30O6S2. The zero-order chi connectivity index (χ0) is 27.3. The number of carbonyl (C=O) groups is 1. The summed E-state index contributed by atoms with van der Waals surface area (Å²) in [5.74, 6) is 0.705. The van der Waals surface area contributed by atoms with Crippen molar-refractivity contribution >= 4 is 42.8 Å². The minimum absolute atomic E-state index is 0.0839. The Bertz CT molecular complexity index is 1570. The van der Waals surface area contributed by atoms with Crippen LogP contribution in [0.4, 0.5) is 0 Å². The van der Waals surface area contributed by atoms with Crippen molar-refractivity contribution < 1.29 is 27.8 Å². The zero-order valence-electron chi connectivity index (χ0n) is 21.4. The number of ether oxygens (including phenoxy) is 2. The van der Waals surface area contributed by atoms with Crippen molar-refractivity contribution in [2.45, 2.75) is 26.4 Å². The van der Waals surface area contributed by atoms with Gasteiger partial charge in [-0.1, -0.05) is 36.9 Å². The summed E-state index contributed by atoms with van der Waals surface area (Å²) in [5, 5.41) is 12.2. The molecule has 0 fully saturated rings. The highest BCUT2D eigenvalue weighted by molar-refractivity contribution is 7.90. The molecule has 0 unspecified atom stereocenters. The highest BCUT2D eigenvalue weighted by Crippen LogP contribution is 2.38. The van der Waals surface area contributed by atoms with Gasteiger partial charge in [-0.3, -0.25) is 4.79 Å². The largest absolute Gasteiger partial charge is 0.494 e. The Balaban J connectivity index is 1.44. The maximum atomic E-state index is 11.3. The Hall–Kier alpha value is -3.62. The van der Waals surface area contributed by atoms with Crippen molar-refractivity contribution in [1.29, 1.82) is 0 Å². The third-order valence-electron chi connectivity index (χ3n) is 6.09. The molecule has 6 nitrogen and oxygen atoms in total. The summed E-state index contributed by atoms with van der Waals surface area (Å²) in [5.41, 5.74) is 5.65. The molecule has 0 aliphatic heterocycles. The molecule has 198 valence electrons. The zero-order valence-corrected chi connectivity index (χ0v) is 23.0. The number of carboxylic acid groups (broad SMARTS) is 1. The summed E-state index contributed by atoms with van der Waals surface area (Å²) >= 11 is 1.68. The number of rotatable bonds is 12. The summed E-state index contributed by atoms with van der Waals surface area (Å²) < 4.78 is 35.6. The van der Waals surface area contributed by atoms with Gasteiger partial charge in [0.1, 0.15) is 27.9 Å². The van der Waals surface area contributed by atoms with Gasteiger partial charge in [0.2, 0.25) is 0 Å². The van der Waals surface area contributed by atoms with Crippen molar-refractivity contribution in [3.63, 3.8) is 0 Å². The van der Waals surface area contributed by atoms with Crippen LogP contribution in [0.2, 0.25) is 0 Å². The van der Waals surface area contributed by atoms with E-state index in [9.17, 15) is 13.2 Å². The van der Waals surface area contributed by atoms with Gasteiger partial charge in [0.25, 0.3) is 0 Å². The van der Waals surface area contributed by atoms with Crippen LogP contribution in [0.3, 0.4) is 0 Å². The lowest BCUT2D eigenvalue weighted by Gasteiger charge is -2.11. The molecule has 4 aromatic rings. The predicted octanol–water partition coefficient (Wildman–Crippen LogP) is 6.76. The van der Waals surface area contributed by atoms with E-state index in [-0.39, 0.29) is 12.2 Å². The third-order valence-corrected chi connectivity index (χ3v) is 8.09. The van der Waals surface area contributed by atoms with Crippen LogP contribution in [0.5, 0.6) is 11.5 Å². The normalized spacial score (nSPS) is 11.4. The Kier molecular flexibility index (Phi) is 8.54. The molecule has 0 saturated heterocycles. The minimum Gasteiger partial charge on any atom is -0.494 e. The molecule has 0 atom stereocenters. The van der Waals surface area contributed by atoms with Crippen molar-refractivity contribution in [2.24, 2.45) is 0 Å². The van der Waals surface area contributed by atoms with Gasteiger partial charge in [-0.2, -0.15) is 0 Å². The van der Waals surface area contributed by atoms with Crippen molar-refractivity contribution in [2.75, 3.05) is 18.6 Å². The maximum Gasteiger partial charge on any atom is 0.307 e. The summed E-state index contributed by atoms with van der Waals surface area (Å²) in [6, 6.07) is 19.6. The molecule has 3 aromatic carbocycles. The van der Waals surface area contributed by atoms with Crippen LogP contribution in [-0.4, -0.2) is 38.1 Å². The van der Waals surface area contributed by atoms with Gasteiger partial charge in [0.15, 0.2) is 0 Å². The van der Waals surface area contributed by atoms with Crippen LogP contribution in [0, 0.1) is 6.92 Å². The molecule has 38 heavy (non-hydrogen) atoms. The quantitative estimate of drug-likeness (QED) is 0.196. The van der Waals surface area contributed by atoms with E-state index in [0.717, 1.165) is 49.4 Å². The highest BCUT2D eigenvalue weighted by Gasteiger charge is 2.12. The lowest BCUT2D eigenvalue weighted by Crippen LogP contribution is -2.08. The first-order valence-corrected chi connectivity index (χ1v) is 15.1. The molecule has 0 bridgehead atoms. The van der Waals surface area contributed by atoms with Gasteiger partial charge in [-0.15, -0.1) is 11.3 Å². The summed E-state index contributed by atoms with van der Waals surface area (Å²) in [6.45, 7) is 6.63. The van der Waals surface area contributed by atoms with Gasteiger partial charge < -0.3 is 14.6 Å². The Morgan fingerprint density at radius 3 is 2.37 bits per heavy atom. The topological polar surface area (TPSA) is 89.9 Å². The lowest BCUT2D eigenvalue weighted by molar-refractivity contribution is -0.135. The van der Waals surface area contributed by atoms with Gasteiger partial charge in [0, 0.05) is 21.9 Å². The minimum atomic E-state index is -2.99. The fourth-order valence-corrected chi connectivity index (χ4v) is 5.72. The molecule has 0 radical (unpaired) electrons. The molecule has 4 rings (SSSR count). The number of thiophene rings is 1. The number of benzene rings is 3. The van der Waals surface area contributed by atoms with Crippen LogP contribution in [-0.2, 0) is 21.2 Å². The Morgan fingerprint density at radius 2 is 1.68 bits per heavy atom. The predicted molar refractivity (Wildman–Crippen MR) is 154 cm³/mol. The van der Waals surface area contributed by atoms with E-state index >= 15 is 0 Å². The van der Waals surface area contributed by atoms with Crippen molar-refractivity contribution in [3.05, 3.63) is 89.3 Å². The van der Waals surface area contributed by atoms with Crippen LogP contribution in [0.25, 0.3) is 26.8 Å². The molecule has 0 amide bonds. The first-order chi connectivity index (χ1) is 18.1. The van der Waals surface area contributed by atoms with E-state index in [0.29, 0.717) is 25.2 Å². The van der Waals surface area contributed by atoms with E-state index in [2.05, 4.69) is 24.1 Å². The number of fused-ring (bicyclic) bond motifs is 1. The average Bonchev–Trinajstić information content (AvgIpc) is 3.28. The second kappa shape index (κ2) is 11.8. The molecule has 8 heteroatoms.